The zero-order chi connectivity index (χ0) is 21.4. The van der Waals surface area contributed by atoms with Crippen molar-refractivity contribution in [2.75, 3.05) is 0 Å². The van der Waals surface area contributed by atoms with Crippen LogP contribution in [0.2, 0.25) is 0 Å². The van der Waals surface area contributed by atoms with Crippen molar-refractivity contribution in [3.05, 3.63) is 93.1 Å². The van der Waals surface area contributed by atoms with Crippen LogP contribution in [-0.4, -0.2) is 0 Å². The van der Waals surface area contributed by atoms with E-state index in [0.717, 1.165) is 0 Å². The van der Waals surface area contributed by atoms with Gasteiger partial charge in [0.2, 0.25) is 0 Å². The summed E-state index contributed by atoms with van der Waals surface area (Å²) in [7, 11) is 0. The van der Waals surface area contributed by atoms with Gasteiger partial charge in [0.05, 0.1) is 0 Å². The van der Waals surface area contributed by atoms with Crippen LogP contribution in [0.5, 0.6) is 0 Å². The molecular formula is C19H4F10. The number of fused-ring (bicyclic) bond motifs is 3. The average Bonchev–Trinajstić information content (AvgIpc) is 3.05. The Kier molecular flexibility index (Phi) is 4.14. The summed E-state index contributed by atoms with van der Waals surface area (Å²) in [6, 6.07) is 1.46. The van der Waals surface area contributed by atoms with E-state index in [1.807, 2.05) is 0 Å². The van der Waals surface area contributed by atoms with E-state index >= 15 is 0 Å². The van der Waals surface area contributed by atoms with E-state index in [0.29, 0.717) is 18.2 Å². The lowest BCUT2D eigenvalue weighted by Gasteiger charge is -2.17. The van der Waals surface area contributed by atoms with Crippen LogP contribution in [0.3, 0.4) is 0 Å². The monoisotopic (exact) mass is 422 g/mol. The molecule has 3 aromatic carbocycles. The average molecular weight is 422 g/mol. The predicted molar refractivity (Wildman–Crippen MR) is 78.8 cm³/mol. The first kappa shape index (κ1) is 19.3. The smallest absolute Gasteiger partial charge is 0.198 e. The second-order valence-corrected chi connectivity index (χ2v) is 6.19. The molecule has 0 bridgehead atoms. The van der Waals surface area contributed by atoms with E-state index in [-0.39, 0.29) is 0 Å². The van der Waals surface area contributed by atoms with Gasteiger partial charge in [-0.15, -0.1) is 0 Å². The molecule has 1 aliphatic rings. The lowest BCUT2D eigenvalue weighted by molar-refractivity contribution is 0.405. The Labute approximate surface area is 155 Å². The third kappa shape index (κ3) is 2.41. The van der Waals surface area contributed by atoms with Crippen LogP contribution < -0.4 is 0 Å². The highest BCUT2D eigenvalue weighted by Crippen LogP contribution is 2.54. The van der Waals surface area contributed by atoms with Crippen LogP contribution in [0.4, 0.5) is 43.9 Å². The van der Waals surface area contributed by atoms with Crippen molar-refractivity contribution in [2.24, 2.45) is 0 Å². The Hall–Kier alpha value is -3.04. The van der Waals surface area contributed by atoms with E-state index in [9.17, 15) is 43.9 Å². The number of benzene rings is 3. The third-order valence-corrected chi connectivity index (χ3v) is 4.70. The third-order valence-electron chi connectivity index (χ3n) is 4.70. The minimum atomic E-state index is -2.43. The first-order valence-corrected chi connectivity index (χ1v) is 7.74. The maximum atomic E-state index is 14.5. The summed E-state index contributed by atoms with van der Waals surface area (Å²) in [5.74, 6) is -23.3. The van der Waals surface area contributed by atoms with E-state index in [1.54, 1.807) is 0 Å². The van der Waals surface area contributed by atoms with Gasteiger partial charge in [-0.2, -0.15) is 0 Å². The van der Waals surface area contributed by atoms with Crippen LogP contribution in [0.1, 0.15) is 22.6 Å². The normalized spacial score (nSPS) is 13.0. The van der Waals surface area contributed by atoms with E-state index < -0.39 is 91.9 Å². The number of halogens is 10. The molecule has 0 fully saturated rings. The van der Waals surface area contributed by atoms with Crippen molar-refractivity contribution >= 4 is 0 Å². The van der Waals surface area contributed by atoms with Crippen molar-refractivity contribution in [3.63, 3.8) is 0 Å². The van der Waals surface area contributed by atoms with Gasteiger partial charge in [-0.1, -0.05) is 0 Å². The van der Waals surface area contributed by atoms with Gasteiger partial charge in [0, 0.05) is 33.7 Å². The molecule has 0 unspecified atom stereocenters. The van der Waals surface area contributed by atoms with Crippen LogP contribution in [0.15, 0.2) is 18.2 Å². The van der Waals surface area contributed by atoms with Crippen LogP contribution in [0, 0.1) is 58.2 Å². The zero-order valence-electron chi connectivity index (χ0n) is 13.6. The molecule has 29 heavy (non-hydrogen) atoms. The van der Waals surface area contributed by atoms with Gasteiger partial charge in [0.15, 0.2) is 46.5 Å². The Morgan fingerprint density at radius 2 is 0.897 bits per heavy atom. The molecule has 0 N–H and O–H groups in total. The second-order valence-electron chi connectivity index (χ2n) is 6.19. The molecule has 0 heterocycles. The van der Waals surface area contributed by atoms with Crippen molar-refractivity contribution in [1.82, 2.24) is 0 Å². The zero-order valence-corrected chi connectivity index (χ0v) is 13.6. The second kappa shape index (κ2) is 6.23. The molecular weight excluding hydrogens is 418 g/mol. The molecule has 3 aromatic rings. The summed E-state index contributed by atoms with van der Waals surface area (Å²) in [5, 5.41) is 0. The molecule has 0 atom stereocenters. The molecule has 0 amide bonds. The minimum absolute atomic E-state index is 0.371. The standard InChI is InChI=1S/C19H4F10/c20-4-1-2-6(21)5(3-4)7-8-10(14(24)18(28)16(26)12(8)22)11-9(7)13(23)17(27)19(29)15(11)25/h1-3,7H. The largest absolute Gasteiger partial charge is 0.207 e. The summed E-state index contributed by atoms with van der Waals surface area (Å²) in [6.45, 7) is 0. The van der Waals surface area contributed by atoms with E-state index in [4.69, 9.17) is 0 Å². The van der Waals surface area contributed by atoms with Crippen LogP contribution in [-0.2, 0) is 0 Å². The van der Waals surface area contributed by atoms with Gasteiger partial charge in [-0.3, -0.25) is 0 Å². The first-order chi connectivity index (χ1) is 13.6. The summed E-state index contributed by atoms with van der Waals surface area (Å²) in [6.07, 6.45) is 0. The summed E-state index contributed by atoms with van der Waals surface area (Å²) in [4.78, 5) is 0. The van der Waals surface area contributed by atoms with Crippen molar-refractivity contribution < 1.29 is 43.9 Å². The van der Waals surface area contributed by atoms with E-state index in [1.165, 1.54) is 0 Å². The lowest BCUT2D eigenvalue weighted by Crippen LogP contribution is -2.10. The summed E-state index contributed by atoms with van der Waals surface area (Å²) >= 11 is 0. The maximum absolute atomic E-state index is 14.5. The Balaban J connectivity index is 2.26. The number of hydrogen-bond acceptors (Lipinski definition) is 0. The Bertz CT molecular complexity index is 1150. The molecule has 0 saturated carbocycles. The highest BCUT2D eigenvalue weighted by molar-refractivity contribution is 5.82. The fraction of sp³-hybridized carbons (Fsp3) is 0.0526. The molecule has 0 radical (unpaired) electrons. The molecule has 150 valence electrons. The highest BCUT2D eigenvalue weighted by atomic mass is 19.2. The van der Waals surface area contributed by atoms with Gasteiger partial charge in [0.1, 0.15) is 11.6 Å². The van der Waals surface area contributed by atoms with Gasteiger partial charge >= 0.3 is 0 Å². The lowest BCUT2D eigenvalue weighted by atomic mass is 9.88. The molecule has 0 spiro atoms. The molecule has 0 saturated heterocycles. The molecule has 0 nitrogen and oxygen atoms in total. The molecule has 0 aliphatic heterocycles. The minimum Gasteiger partial charge on any atom is -0.207 e. The topological polar surface area (TPSA) is 0 Å². The molecule has 10 heteroatoms. The van der Waals surface area contributed by atoms with E-state index in [2.05, 4.69) is 0 Å². The number of rotatable bonds is 1. The SMILES string of the molecule is Fc1ccc(F)c(C2c3c(F)c(F)c(F)c(F)c3-c3c(F)c(F)c(F)c(F)c32)c1. The quantitative estimate of drug-likeness (QED) is 0.194. The Morgan fingerprint density at radius 1 is 0.483 bits per heavy atom. The maximum Gasteiger partial charge on any atom is 0.198 e. The molecule has 0 aromatic heterocycles. The summed E-state index contributed by atoms with van der Waals surface area (Å²) < 4.78 is 141. The summed E-state index contributed by atoms with van der Waals surface area (Å²) in [5.41, 5.74) is -6.54. The fourth-order valence-corrected chi connectivity index (χ4v) is 3.52. The van der Waals surface area contributed by atoms with Gasteiger partial charge < -0.3 is 0 Å². The molecule has 4 rings (SSSR count). The van der Waals surface area contributed by atoms with Crippen LogP contribution in [0.25, 0.3) is 11.1 Å². The van der Waals surface area contributed by atoms with Crippen molar-refractivity contribution in [2.45, 2.75) is 5.92 Å². The Morgan fingerprint density at radius 3 is 1.34 bits per heavy atom. The predicted octanol–water partition coefficient (Wildman–Crippen LogP) is 6.24. The molecule has 1 aliphatic carbocycles. The van der Waals surface area contributed by atoms with Crippen LogP contribution >= 0.6 is 0 Å². The van der Waals surface area contributed by atoms with Crippen molar-refractivity contribution in [3.8, 4) is 11.1 Å². The number of hydrogen-bond donors (Lipinski definition) is 0. The van der Waals surface area contributed by atoms with Gasteiger partial charge in [0.25, 0.3) is 0 Å². The first-order valence-electron chi connectivity index (χ1n) is 7.74. The fourth-order valence-electron chi connectivity index (χ4n) is 3.52. The highest BCUT2D eigenvalue weighted by Gasteiger charge is 2.45. The van der Waals surface area contributed by atoms with Crippen molar-refractivity contribution in [1.29, 1.82) is 0 Å². The van der Waals surface area contributed by atoms with Gasteiger partial charge in [-0.05, 0) is 18.2 Å². The van der Waals surface area contributed by atoms with Gasteiger partial charge in [-0.25, -0.2) is 43.9 Å².